The second-order valence-corrected chi connectivity index (χ2v) is 28.8. The molecule has 1 amide bonds. The van der Waals surface area contributed by atoms with Crippen LogP contribution in [0, 0.1) is 46.8 Å². The van der Waals surface area contributed by atoms with Gasteiger partial charge in [0, 0.05) is 67.5 Å². The molecule has 1 unspecified atom stereocenters. The SMILES string of the molecule is CO[C@@H]1C[C@@H](CC(C)[C@@H]2CC(=O)[C@H](C)/C=C(\C)[C@@H](O)[C@@H](OC)C(=O)[C@H](C)C[C@H](C)/C=C/C=C/C=C(/C)[C@H](n3c(=O)n(-c4ccc(C(C)(C)C#N)cc4)c4c5cc(-c6cnc7ccccc7c6)ccc5ncc43)C[C@@H]3CC[C@@H](C)[C@@](O)(O3)C(=O)C(=O)N3CCCC[C@H]3C(=O)O2)CC[C@H]1O. The quantitative estimate of drug-likeness (QED) is 0.0690. The van der Waals surface area contributed by atoms with Crippen LogP contribution in [0.2, 0.25) is 0 Å². The number of benzene rings is 3. The zero-order valence-corrected chi connectivity index (χ0v) is 58.4. The molecule has 2 bridgehead atoms. The maximum atomic E-state index is 16.1. The fourth-order valence-electron chi connectivity index (χ4n) is 15.1. The van der Waals surface area contributed by atoms with Crippen molar-refractivity contribution in [1.82, 2.24) is 24.0 Å². The molecule has 19 nitrogen and oxygen atoms in total. The number of allylic oxidation sites excluding steroid dienone is 7. The Labute approximate surface area is 574 Å². The third kappa shape index (κ3) is 15.5. The number of rotatable bonds is 9. The number of esters is 1. The van der Waals surface area contributed by atoms with E-state index < -0.39 is 107 Å². The second kappa shape index (κ2) is 31.0. The van der Waals surface area contributed by atoms with Gasteiger partial charge in [-0.05, 0) is 169 Å². The van der Waals surface area contributed by atoms with Gasteiger partial charge in [-0.2, -0.15) is 5.26 Å². The molecule has 3 aromatic carbocycles. The first-order valence-corrected chi connectivity index (χ1v) is 34.8. The lowest BCUT2D eigenvalue weighted by atomic mass is 9.78. The molecule has 1 saturated carbocycles. The van der Waals surface area contributed by atoms with Crippen LogP contribution in [0.3, 0.4) is 0 Å². The number of aromatic nitrogens is 4. The summed E-state index contributed by atoms with van der Waals surface area (Å²) in [6.07, 6.45) is 13.1. The number of carbonyl (C=O) groups is 5. The fourth-order valence-corrected chi connectivity index (χ4v) is 15.1. The molecule has 0 radical (unpaired) electrons. The van der Waals surface area contributed by atoms with E-state index in [0.29, 0.717) is 90.1 Å². The first kappa shape index (κ1) is 72.6. The van der Waals surface area contributed by atoms with Crippen molar-refractivity contribution in [2.75, 3.05) is 20.8 Å². The number of amides is 1. The monoisotopic (exact) mass is 1340 g/mol. The van der Waals surface area contributed by atoms with Crippen LogP contribution in [-0.2, 0) is 48.3 Å². The summed E-state index contributed by atoms with van der Waals surface area (Å²) in [5.74, 6) is -9.15. The number of methoxy groups -OCH3 is 2. The van der Waals surface area contributed by atoms with Gasteiger partial charge < -0.3 is 39.2 Å². The number of pyridine rings is 2. The number of hydrogen-bond acceptors (Lipinski definition) is 16. The average molecular weight is 1340 g/mol. The zero-order valence-electron chi connectivity index (χ0n) is 58.4. The van der Waals surface area contributed by atoms with Gasteiger partial charge in [-0.3, -0.25) is 38.3 Å². The number of carbonyl (C=O) groups excluding carboxylic acids is 5. The third-order valence-electron chi connectivity index (χ3n) is 21.3. The van der Waals surface area contributed by atoms with Crippen LogP contribution in [-0.4, -0.2) is 138 Å². The summed E-state index contributed by atoms with van der Waals surface area (Å²) < 4.78 is 27.7. The minimum absolute atomic E-state index is 0.00377. The molecule has 3 fully saturated rings. The molecule has 0 spiro atoms. The number of hydrogen-bond donors (Lipinski definition) is 3. The number of Topliss-reactive ketones (excluding diaryl/α,β-unsaturated/α-hetero) is 3. The van der Waals surface area contributed by atoms with Gasteiger partial charge in [0.1, 0.15) is 30.1 Å². The van der Waals surface area contributed by atoms with Crippen LogP contribution in [0.1, 0.15) is 151 Å². The summed E-state index contributed by atoms with van der Waals surface area (Å²) >= 11 is 0. The molecule has 4 aliphatic rings. The Morgan fingerprint density at radius 2 is 1.54 bits per heavy atom. The van der Waals surface area contributed by atoms with Crippen molar-refractivity contribution in [3.63, 3.8) is 0 Å². The maximum absolute atomic E-state index is 16.1. The Balaban J connectivity index is 1.07. The van der Waals surface area contributed by atoms with Crippen LogP contribution in [0.25, 0.3) is 49.7 Å². The summed E-state index contributed by atoms with van der Waals surface area (Å²) in [5.41, 5.74) is 5.18. The van der Waals surface area contributed by atoms with Gasteiger partial charge in [0.25, 0.3) is 11.7 Å². The number of cyclic esters (lactones) is 1. The lowest BCUT2D eigenvalue weighted by Gasteiger charge is -2.43. The van der Waals surface area contributed by atoms with Gasteiger partial charge >= 0.3 is 11.7 Å². The van der Waals surface area contributed by atoms with Crippen molar-refractivity contribution in [3.05, 3.63) is 149 Å². The largest absolute Gasteiger partial charge is 0.460 e. The first-order chi connectivity index (χ1) is 46.8. The van der Waals surface area contributed by atoms with Crippen molar-refractivity contribution in [2.45, 2.75) is 199 Å². The number of aliphatic hydroxyl groups is 3. The first-order valence-electron chi connectivity index (χ1n) is 34.8. The predicted octanol–water partition coefficient (Wildman–Crippen LogP) is 12.1. The highest BCUT2D eigenvalue weighted by molar-refractivity contribution is 6.39. The summed E-state index contributed by atoms with van der Waals surface area (Å²) in [4.78, 5) is 101. The predicted molar refractivity (Wildman–Crippen MR) is 376 cm³/mol. The van der Waals surface area contributed by atoms with E-state index in [0.717, 1.165) is 27.6 Å². The molecule has 1 aliphatic carbocycles. The molecule has 98 heavy (non-hydrogen) atoms. The average Bonchev–Trinajstić information content (AvgIpc) is 1.57. The molecule has 3 N–H and O–H groups in total. The van der Waals surface area contributed by atoms with Gasteiger partial charge in [0.2, 0.25) is 5.79 Å². The number of ether oxygens (including phenoxy) is 4. The number of imidazole rings is 1. The highest BCUT2D eigenvalue weighted by atomic mass is 16.6. The van der Waals surface area contributed by atoms with Gasteiger partial charge in [0.05, 0.1) is 69.8 Å². The van der Waals surface area contributed by atoms with Gasteiger partial charge in [0.15, 0.2) is 5.78 Å². The standard InChI is InChI=1S/C79H96N6O13/c1-46-19-13-12-14-20-47(2)64(85-65-44-82-62-32-26-54(56-39-55-21-15-16-22-61(55)81-43-56)40-60(62)70(65)84(77(85)93)58-29-27-57(28-30-58)78(8,9)45-80)41-59-31-24-52(7)79(94,98-59)74(90)75(91)83-34-18-17-23-63(83)76(92)97-68(49(4)37-53-25-33-66(86)69(38-53)95-10)42-67(87)48(3)36-51(6)72(89)73(96-11)71(88)50(5)35-46/h12-16,19-22,26-30,32,36,39-40,43-44,46,48-50,52-53,59,63-64,66,68-69,72-73,86,89,94H,17-18,23-25,31,33-35,37-38,41-42H2,1-11H3/b14-12+,19-13+,47-20-,51-36+/t46-,48-,49?,50-,52-,53-,59+,63+,64-,66-,68+,69-,72-,73+,79-/m1/s1. The molecule has 2 saturated heterocycles. The molecule has 15 atom stereocenters. The molecule has 6 heterocycles. The van der Waals surface area contributed by atoms with E-state index >= 15 is 14.4 Å². The van der Waals surface area contributed by atoms with E-state index in [1.165, 1.54) is 12.0 Å². The second-order valence-electron chi connectivity index (χ2n) is 28.8. The van der Waals surface area contributed by atoms with Crippen molar-refractivity contribution in [2.24, 2.45) is 35.5 Å². The lowest BCUT2D eigenvalue weighted by Crippen LogP contribution is -2.60. The topological polar surface area (TPSA) is 263 Å². The number of fused-ring (bicyclic) bond motifs is 7. The highest BCUT2D eigenvalue weighted by Gasteiger charge is 2.53. The van der Waals surface area contributed by atoms with Gasteiger partial charge in [-0.15, -0.1) is 0 Å². The van der Waals surface area contributed by atoms with E-state index in [1.807, 2.05) is 138 Å². The van der Waals surface area contributed by atoms with Crippen molar-refractivity contribution in [3.8, 4) is 22.9 Å². The Kier molecular flexibility index (Phi) is 23.0. The Morgan fingerprint density at radius 3 is 2.28 bits per heavy atom. The summed E-state index contributed by atoms with van der Waals surface area (Å²) in [7, 11) is 2.92. The van der Waals surface area contributed by atoms with E-state index in [9.17, 15) is 35.0 Å². The number of ketones is 3. The smallest absolute Gasteiger partial charge is 0.334 e. The van der Waals surface area contributed by atoms with E-state index in [2.05, 4.69) is 12.1 Å². The maximum Gasteiger partial charge on any atom is 0.334 e. The van der Waals surface area contributed by atoms with Crippen molar-refractivity contribution < 1.29 is 58.2 Å². The summed E-state index contributed by atoms with van der Waals surface area (Å²) in [5, 5.41) is 47.0. The third-order valence-corrected chi connectivity index (χ3v) is 21.3. The Morgan fingerprint density at radius 1 is 0.796 bits per heavy atom. The Bertz CT molecular complexity index is 4180. The van der Waals surface area contributed by atoms with Gasteiger partial charge in [-0.1, -0.05) is 113 Å². The van der Waals surface area contributed by atoms with Crippen LogP contribution in [0.4, 0.5) is 0 Å². The van der Waals surface area contributed by atoms with Crippen LogP contribution >= 0.6 is 0 Å². The molecule has 3 aliphatic heterocycles. The number of para-hydroxylation sites is 1. The number of aliphatic hydroxyl groups excluding tert-OH is 2. The van der Waals surface area contributed by atoms with E-state index in [-0.39, 0.29) is 55.6 Å². The van der Waals surface area contributed by atoms with Crippen LogP contribution in [0.5, 0.6) is 0 Å². The molecule has 19 heteroatoms. The van der Waals surface area contributed by atoms with Crippen molar-refractivity contribution in [1.29, 1.82) is 5.26 Å². The molecule has 520 valence electrons. The number of nitrogens with zero attached hydrogens (tertiary/aromatic N) is 6. The molecule has 6 aromatic rings. The summed E-state index contributed by atoms with van der Waals surface area (Å²) in [6, 6.07) is 23.5. The minimum atomic E-state index is -2.67. The highest BCUT2D eigenvalue weighted by Crippen LogP contribution is 2.41. The van der Waals surface area contributed by atoms with E-state index in [4.69, 9.17) is 28.9 Å². The van der Waals surface area contributed by atoms with E-state index in [1.54, 1.807) is 56.2 Å². The number of nitriles is 1. The fraction of sp³-hybridized carbons (Fsp3) is 0.506. The van der Waals surface area contributed by atoms with Crippen molar-refractivity contribution >= 4 is 62.1 Å². The molecule has 10 rings (SSSR count). The zero-order chi connectivity index (χ0) is 70.5. The molecular weight excluding hydrogens is 1240 g/mol. The Hall–Kier alpha value is -8.09. The molecular formula is C79H96N6O13. The molecule has 3 aromatic heterocycles. The van der Waals surface area contributed by atoms with Gasteiger partial charge in [-0.25, -0.2) is 9.59 Å². The van der Waals surface area contributed by atoms with Crippen LogP contribution < -0.4 is 5.69 Å². The normalized spacial score (nSPS) is 31.0. The minimum Gasteiger partial charge on any atom is -0.460 e. The lowest BCUT2D eigenvalue weighted by molar-refractivity contribution is -0.264. The number of piperidine rings is 1. The summed E-state index contributed by atoms with van der Waals surface area (Å²) in [6.45, 7) is 16.2. The van der Waals surface area contributed by atoms with Crippen LogP contribution in [0.15, 0.2) is 138 Å².